The van der Waals surface area contributed by atoms with Crippen molar-refractivity contribution in [3.8, 4) is 11.5 Å². The Balaban J connectivity index is 1.29. The molecule has 2 amide bonds. The number of benzene rings is 3. The van der Waals surface area contributed by atoms with Crippen LogP contribution < -0.4 is 19.7 Å². The number of carbonyl (C=O) groups excluding carboxylic acids is 2. The number of alkyl carbamates (subject to hydrolysis) is 1. The molecule has 3 aromatic carbocycles. The number of hydrogen-bond donors (Lipinski definition) is 1. The lowest BCUT2D eigenvalue weighted by molar-refractivity contribution is -0.127. The van der Waals surface area contributed by atoms with E-state index in [0.717, 1.165) is 16.8 Å². The molecule has 0 spiro atoms. The van der Waals surface area contributed by atoms with Crippen molar-refractivity contribution in [2.45, 2.75) is 51.9 Å². The van der Waals surface area contributed by atoms with Crippen molar-refractivity contribution in [1.29, 1.82) is 0 Å². The van der Waals surface area contributed by atoms with Crippen LogP contribution in [0.4, 0.5) is 10.5 Å². The SMILES string of the molecule is CC(C)(C)OC(=O)NCCc1ccc(OCCC2Oc3ccccc3N(Cc3cccc(Cl)c3)C2=O)cc1. The predicted octanol–water partition coefficient (Wildman–Crippen LogP) is 6.17. The molecule has 200 valence electrons. The molecule has 0 saturated carbocycles. The Morgan fingerprint density at radius 3 is 2.53 bits per heavy atom. The molecular weight excluding hydrogens is 504 g/mol. The van der Waals surface area contributed by atoms with Gasteiger partial charge in [0.1, 0.15) is 17.1 Å². The largest absolute Gasteiger partial charge is 0.493 e. The molecule has 1 unspecified atom stereocenters. The average Bonchev–Trinajstić information content (AvgIpc) is 2.86. The average molecular weight is 537 g/mol. The van der Waals surface area contributed by atoms with Crippen molar-refractivity contribution in [2.75, 3.05) is 18.1 Å². The smallest absolute Gasteiger partial charge is 0.407 e. The molecule has 0 aromatic heterocycles. The fraction of sp³-hybridized carbons (Fsp3) is 0.333. The summed E-state index contributed by atoms with van der Waals surface area (Å²) in [6, 6.07) is 22.7. The van der Waals surface area contributed by atoms with Crippen molar-refractivity contribution in [1.82, 2.24) is 5.32 Å². The van der Waals surface area contributed by atoms with Crippen molar-refractivity contribution in [3.05, 3.63) is 88.9 Å². The zero-order chi connectivity index (χ0) is 27.1. The van der Waals surface area contributed by atoms with Gasteiger partial charge in [-0.1, -0.05) is 48.0 Å². The minimum absolute atomic E-state index is 0.111. The maximum atomic E-state index is 13.4. The van der Waals surface area contributed by atoms with Crippen LogP contribution in [-0.2, 0) is 22.5 Å². The molecule has 0 radical (unpaired) electrons. The van der Waals surface area contributed by atoms with E-state index in [9.17, 15) is 9.59 Å². The Bertz CT molecular complexity index is 1260. The lowest BCUT2D eigenvalue weighted by Gasteiger charge is -2.34. The fourth-order valence-corrected chi connectivity index (χ4v) is 4.31. The molecule has 4 rings (SSSR count). The molecule has 0 bridgehead atoms. The second kappa shape index (κ2) is 12.2. The van der Waals surface area contributed by atoms with Crippen LogP contribution in [0.5, 0.6) is 11.5 Å². The summed E-state index contributed by atoms with van der Waals surface area (Å²) in [5, 5.41) is 3.39. The van der Waals surface area contributed by atoms with Gasteiger partial charge in [0.25, 0.3) is 5.91 Å². The fourth-order valence-electron chi connectivity index (χ4n) is 4.10. The van der Waals surface area contributed by atoms with Crippen LogP contribution >= 0.6 is 11.6 Å². The second-order valence-electron chi connectivity index (χ2n) is 10.1. The second-order valence-corrected chi connectivity index (χ2v) is 10.5. The van der Waals surface area contributed by atoms with E-state index in [0.29, 0.717) is 49.1 Å². The summed E-state index contributed by atoms with van der Waals surface area (Å²) < 4.78 is 17.2. The van der Waals surface area contributed by atoms with Gasteiger partial charge in [0.05, 0.1) is 18.8 Å². The summed E-state index contributed by atoms with van der Waals surface area (Å²) in [4.78, 5) is 26.9. The third-order valence-electron chi connectivity index (χ3n) is 5.85. The molecule has 1 aliphatic heterocycles. The first-order valence-electron chi connectivity index (χ1n) is 12.7. The third-order valence-corrected chi connectivity index (χ3v) is 6.09. The standard InChI is InChI=1S/C30H33ClN2O5/c1-30(2,3)38-29(35)32-17-15-21-11-13-24(14-12-21)36-18-16-27-28(34)33(20-22-7-6-8-23(31)19-22)25-9-4-5-10-26(25)37-27/h4-14,19,27H,15-18,20H2,1-3H3,(H,32,35). The summed E-state index contributed by atoms with van der Waals surface area (Å²) in [6.45, 7) is 6.70. The van der Waals surface area contributed by atoms with Crippen LogP contribution in [0.2, 0.25) is 5.02 Å². The van der Waals surface area contributed by atoms with Crippen LogP contribution in [0.1, 0.15) is 38.3 Å². The Kier molecular flexibility index (Phi) is 8.79. The Hall–Kier alpha value is -3.71. The molecule has 0 saturated heterocycles. The molecule has 1 aliphatic rings. The van der Waals surface area contributed by atoms with Gasteiger partial charge in [-0.2, -0.15) is 0 Å². The number of fused-ring (bicyclic) bond motifs is 1. The number of halogens is 1. The van der Waals surface area contributed by atoms with Gasteiger partial charge in [-0.3, -0.25) is 4.79 Å². The van der Waals surface area contributed by atoms with E-state index in [2.05, 4.69) is 5.32 Å². The molecule has 7 nitrogen and oxygen atoms in total. The first-order valence-corrected chi connectivity index (χ1v) is 13.1. The molecular formula is C30H33ClN2O5. The number of para-hydroxylation sites is 2. The summed E-state index contributed by atoms with van der Waals surface area (Å²) in [6.07, 6.45) is 0.0000243. The summed E-state index contributed by atoms with van der Waals surface area (Å²) in [5.41, 5.74) is 2.23. The third kappa shape index (κ3) is 7.65. The highest BCUT2D eigenvalue weighted by atomic mass is 35.5. The molecule has 8 heteroatoms. The zero-order valence-electron chi connectivity index (χ0n) is 21.9. The first kappa shape index (κ1) is 27.3. The molecule has 1 atom stereocenters. The van der Waals surface area contributed by atoms with Gasteiger partial charge in [-0.05, 0) is 74.7 Å². The Morgan fingerprint density at radius 1 is 1.03 bits per heavy atom. The van der Waals surface area contributed by atoms with Crippen LogP contribution in [0.15, 0.2) is 72.8 Å². The topological polar surface area (TPSA) is 77.1 Å². The summed E-state index contributed by atoms with van der Waals surface area (Å²) in [5.74, 6) is 1.26. The van der Waals surface area contributed by atoms with Crippen LogP contribution in [0.25, 0.3) is 0 Å². The van der Waals surface area contributed by atoms with Crippen molar-refractivity contribution < 1.29 is 23.8 Å². The van der Waals surface area contributed by atoms with E-state index in [1.807, 2.05) is 93.6 Å². The highest BCUT2D eigenvalue weighted by Gasteiger charge is 2.34. The van der Waals surface area contributed by atoms with Gasteiger partial charge in [0.15, 0.2) is 6.10 Å². The number of rotatable bonds is 9. The predicted molar refractivity (Wildman–Crippen MR) is 148 cm³/mol. The number of anilines is 1. The normalized spacial score (nSPS) is 14.9. The maximum Gasteiger partial charge on any atom is 0.407 e. The summed E-state index contributed by atoms with van der Waals surface area (Å²) in [7, 11) is 0. The van der Waals surface area contributed by atoms with E-state index in [1.54, 1.807) is 4.90 Å². The lowest BCUT2D eigenvalue weighted by Crippen LogP contribution is -2.46. The minimum Gasteiger partial charge on any atom is -0.493 e. The molecule has 1 N–H and O–H groups in total. The van der Waals surface area contributed by atoms with Crippen molar-refractivity contribution in [2.24, 2.45) is 0 Å². The summed E-state index contributed by atoms with van der Waals surface area (Å²) >= 11 is 6.16. The lowest BCUT2D eigenvalue weighted by atomic mass is 10.1. The van der Waals surface area contributed by atoms with Gasteiger partial charge in [-0.25, -0.2) is 4.79 Å². The number of hydrogen-bond acceptors (Lipinski definition) is 5. The zero-order valence-corrected chi connectivity index (χ0v) is 22.7. The number of nitrogens with one attached hydrogen (secondary N) is 1. The Labute approximate surface area is 228 Å². The molecule has 1 heterocycles. The van der Waals surface area contributed by atoms with Crippen LogP contribution in [0, 0.1) is 0 Å². The monoisotopic (exact) mass is 536 g/mol. The van der Waals surface area contributed by atoms with Gasteiger partial charge in [0, 0.05) is 18.0 Å². The number of nitrogens with zero attached hydrogens (tertiary/aromatic N) is 1. The maximum absolute atomic E-state index is 13.4. The van der Waals surface area contributed by atoms with E-state index in [1.165, 1.54) is 0 Å². The number of amides is 2. The van der Waals surface area contributed by atoms with Crippen molar-refractivity contribution in [3.63, 3.8) is 0 Å². The van der Waals surface area contributed by atoms with Gasteiger partial charge < -0.3 is 24.4 Å². The first-order chi connectivity index (χ1) is 18.2. The quantitative estimate of drug-likeness (QED) is 0.354. The van der Waals surface area contributed by atoms with Gasteiger partial charge >= 0.3 is 6.09 Å². The van der Waals surface area contributed by atoms with Gasteiger partial charge in [-0.15, -0.1) is 0 Å². The number of ether oxygens (including phenoxy) is 3. The van der Waals surface area contributed by atoms with E-state index in [-0.39, 0.29) is 5.91 Å². The van der Waals surface area contributed by atoms with Crippen molar-refractivity contribution >= 4 is 29.3 Å². The van der Waals surface area contributed by atoms with E-state index >= 15 is 0 Å². The highest BCUT2D eigenvalue weighted by Crippen LogP contribution is 2.35. The molecule has 0 aliphatic carbocycles. The van der Waals surface area contributed by atoms with E-state index in [4.69, 9.17) is 25.8 Å². The number of carbonyl (C=O) groups is 2. The molecule has 3 aromatic rings. The van der Waals surface area contributed by atoms with E-state index < -0.39 is 17.8 Å². The molecule has 38 heavy (non-hydrogen) atoms. The minimum atomic E-state index is -0.651. The highest BCUT2D eigenvalue weighted by molar-refractivity contribution is 6.30. The molecule has 0 fully saturated rings. The Morgan fingerprint density at radius 2 is 1.79 bits per heavy atom. The van der Waals surface area contributed by atoms with Crippen LogP contribution in [0.3, 0.4) is 0 Å². The van der Waals surface area contributed by atoms with Gasteiger partial charge in [0.2, 0.25) is 0 Å². The van der Waals surface area contributed by atoms with Crippen LogP contribution in [-0.4, -0.2) is 36.9 Å².